The standard InChI is InChI=1S/C15H21F2N3O/c1-2-6-20-7-5-11(10-20)9-18-15(21)19-14-4-3-12(16)8-13(14)17/h3-4,8,11H,2,5-7,9-10H2,1H3,(H2,18,19,21). The lowest BCUT2D eigenvalue weighted by molar-refractivity contribution is 0.249. The number of halogens is 2. The van der Waals surface area contributed by atoms with Gasteiger partial charge in [-0.25, -0.2) is 13.6 Å². The summed E-state index contributed by atoms with van der Waals surface area (Å²) in [5, 5.41) is 5.13. The average molecular weight is 297 g/mol. The number of amides is 2. The Bertz CT molecular complexity index is 496. The molecule has 1 atom stereocenters. The normalized spacial score (nSPS) is 18.7. The highest BCUT2D eigenvalue weighted by molar-refractivity contribution is 5.89. The molecule has 6 heteroatoms. The molecule has 1 aliphatic heterocycles. The van der Waals surface area contributed by atoms with E-state index in [1.165, 1.54) is 6.07 Å². The van der Waals surface area contributed by atoms with E-state index in [-0.39, 0.29) is 5.69 Å². The van der Waals surface area contributed by atoms with Crippen molar-refractivity contribution >= 4 is 11.7 Å². The molecular weight excluding hydrogens is 276 g/mol. The Labute approximate surface area is 123 Å². The molecule has 1 aromatic carbocycles. The lowest BCUT2D eigenvalue weighted by Gasteiger charge is -2.15. The van der Waals surface area contributed by atoms with Crippen molar-refractivity contribution in [2.75, 3.05) is 31.5 Å². The predicted molar refractivity (Wildman–Crippen MR) is 78.2 cm³/mol. The van der Waals surface area contributed by atoms with E-state index in [0.717, 1.165) is 44.6 Å². The lowest BCUT2D eigenvalue weighted by atomic mass is 10.1. The number of hydrogen-bond acceptors (Lipinski definition) is 2. The Balaban J connectivity index is 1.75. The number of likely N-dealkylation sites (tertiary alicyclic amines) is 1. The van der Waals surface area contributed by atoms with Crippen molar-refractivity contribution in [1.82, 2.24) is 10.2 Å². The second-order valence-electron chi connectivity index (χ2n) is 5.41. The van der Waals surface area contributed by atoms with Gasteiger partial charge in [-0.1, -0.05) is 6.92 Å². The van der Waals surface area contributed by atoms with Crippen molar-refractivity contribution in [3.05, 3.63) is 29.8 Å². The molecule has 1 aliphatic rings. The summed E-state index contributed by atoms with van der Waals surface area (Å²) in [6.45, 7) is 5.85. The molecule has 21 heavy (non-hydrogen) atoms. The Morgan fingerprint density at radius 2 is 2.24 bits per heavy atom. The number of nitrogens with one attached hydrogen (secondary N) is 2. The minimum absolute atomic E-state index is 0.0204. The quantitative estimate of drug-likeness (QED) is 0.878. The first kappa shape index (κ1) is 15.7. The van der Waals surface area contributed by atoms with Gasteiger partial charge in [0.25, 0.3) is 0 Å². The van der Waals surface area contributed by atoms with Crippen LogP contribution >= 0.6 is 0 Å². The highest BCUT2D eigenvalue weighted by atomic mass is 19.1. The number of anilines is 1. The van der Waals surface area contributed by atoms with E-state index in [2.05, 4.69) is 22.5 Å². The number of urea groups is 1. The van der Waals surface area contributed by atoms with E-state index < -0.39 is 17.7 Å². The van der Waals surface area contributed by atoms with Gasteiger partial charge in [0.1, 0.15) is 11.6 Å². The molecule has 2 rings (SSSR count). The zero-order chi connectivity index (χ0) is 15.2. The molecule has 1 aromatic rings. The Morgan fingerprint density at radius 3 is 2.95 bits per heavy atom. The molecular formula is C15H21F2N3O. The molecule has 4 nitrogen and oxygen atoms in total. The number of carbonyl (C=O) groups excluding carboxylic acids is 1. The molecule has 0 radical (unpaired) electrons. The third-order valence-electron chi connectivity index (χ3n) is 3.64. The maximum atomic E-state index is 13.4. The monoisotopic (exact) mass is 297 g/mol. The predicted octanol–water partition coefficient (Wildman–Crippen LogP) is 2.82. The molecule has 0 aliphatic carbocycles. The van der Waals surface area contributed by atoms with Crippen LogP contribution in [-0.4, -0.2) is 37.1 Å². The molecule has 1 fully saturated rings. The summed E-state index contributed by atoms with van der Waals surface area (Å²) in [5.41, 5.74) is -0.0204. The minimum Gasteiger partial charge on any atom is -0.338 e. The molecule has 0 aromatic heterocycles. The summed E-state index contributed by atoms with van der Waals surface area (Å²) < 4.78 is 26.2. The van der Waals surface area contributed by atoms with Gasteiger partial charge < -0.3 is 15.5 Å². The molecule has 2 N–H and O–H groups in total. The first-order chi connectivity index (χ1) is 10.1. The SMILES string of the molecule is CCCN1CCC(CNC(=O)Nc2ccc(F)cc2F)C1. The van der Waals surface area contributed by atoms with Crippen molar-refractivity contribution in [3.8, 4) is 0 Å². The highest BCUT2D eigenvalue weighted by Crippen LogP contribution is 2.16. The topological polar surface area (TPSA) is 44.4 Å². The molecule has 2 amide bonds. The smallest absolute Gasteiger partial charge is 0.319 e. The zero-order valence-electron chi connectivity index (χ0n) is 12.2. The third kappa shape index (κ3) is 4.67. The molecule has 0 saturated carbocycles. The van der Waals surface area contributed by atoms with Crippen LogP contribution in [0.5, 0.6) is 0 Å². The number of nitrogens with zero attached hydrogens (tertiary/aromatic N) is 1. The molecule has 1 saturated heterocycles. The van der Waals surface area contributed by atoms with Crippen molar-refractivity contribution in [2.24, 2.45) is 5.92 Å². The fourth-order valence-electron chi connectivity index (χ4n) is 2.59. The fraction of sp³-hybridized carbons (Fsp3) is 0.533. The maximum absolute atomic E-state index is 13.4. The van der Waals surface area contributed by atoms with Crippen LogP contribution in [-0.2, 0) is 0 Å². The molecule has 1 unspecified atom stereocenters. The molecule has 116 valence electrons. The van der Waals surface area contributed by atoms with E-state index in [1.807, 2.05) is 0 Å². The second kappa shape index (κ2) is 7.36. The van der Waals surface area contributed by atoms with E-state index >= 15 is 0 Å². The fourth-order valence-corrected chi connectivity index (χ4v) is 2.59. The summed E-state index contributed by atoms with van der Waals surface area (Å²) in [6.07, 6.45) is 2.19. The molecule has 0 spiro atoms. The van der Waals surface area contributed by atoms with Crippen LogP contribution in [0, 0.1) is 17.6 Å². The van der Waals surface area contributed by atoms with Crippen LogP contribution < -0.4 is 10.6 Å². The van der Waals surface area contributed by atoms with E-state index in [4.69, 9.17) is 0 Å². The number of carbonyl (C=O) groups is 1. The van der Waals surface area contributed by atoms with Crippen LogP contribution in [0.3, 0.4) is 0 Å². The highest BCUT2D eigenvalue weighted by Gasteiger charge is 2.22. The number of rotatable bonds is 5. The van der Waals surface area contributed by atoms with Crippen molar-refractivity contribution < 1.29 is 13.6 Å². The molecule has 1 heterocycles. The van der Waals surface area contributed by atoms with Crippen LogP contribution in [0.15, 0.2) is 18.2 Å². The van der Waals surface area contributed by atoms with Gasteiger partial charge in [-0.2, -0.15) is 0 Å². The minimum atomic E-state index is -0.778. The first-order valence-corrected chi connectivity index (χ1v) is 7.30. The summed E-state index contributed by atoms with van der Waals surface area (Å²) in [4.78, 5) is 14.1. The molecule has 0 bridgehead atoms. The summed E-state index contributed by atoms with van der Waals surface area (Å²) in [7, 11) is 0. The largest absolute Gasteiger partial charge is 0.338 e. The van der Waals surface area contributed by atoms with Crippen molar-refractivity contribution in [1.29, 1.82) is 0 Å². The number of benzene rings is 1. The van der Waals surface area contributed by atoms with Crippen molar-refractivity contribution in [3.63, 3.8) is 0 Å². The lowest BCUT2D eigenvalue weighted by Crippen LogP contribution is -2.34. The van der Waals surface area contributed by atoms with Gasteiger partial charge in [-0.05, 0) is 44.0 Å². The average Bonchev–Trinajstić information content (AvgIpc) is 2.88. The maximum Gasteiger partial charge on any atom is 0.319 e. The number of hydrogen-bond donors (Lipinski definition) is 2. The van der Waals surface area contributed by atoms with Gasteiger partial charge in [0.15, 0.2) is 0 Å². The van der Waals surface area contributed by atoms with Crippen LogP contribution in [0.2, 0.25) is 0 Å². The third-order valence-corrected chi connectivity index (χ3v) is 3.64. The Morgan fingerprint density at radius 1 is 1.43 bits per heavy atom. The van der Waals surface area contributed by atoms with Gasteiger partial charge >= 0.3 is 6.03 Å². The van der Waals surface area contributed by atoms with Crippen LogP contribution in [0.25, 0.3) is 0 Å². The summed E-state index contributed by atoms with van der Waals surface area (Å²) in [6, 6.07) is 2.60. The zero-order valence-corrected chi connectivity index (χ0v) is 12.2. The van der Waals surface area contributed by atoms with Crippen LogP contribution in [0.4, 0.5) is 19.3 Å². The summed E-state index contributed by atoms with van der Waals surface area (Å²) in [5.74, 6) is -1.01. The van der Waals surface area contributed by atoms with E-state index in [1.54, 1.807) is 0 Å². The first-order valence-electron chi connectivity index (χ1n) is 7.30. The Hall–Kier alpha value is -1.69. The van der Waals surface area contributed by atoms with Gasteiger partial charge in [0, 0.05) is 19.2 Å². The van der Waals surface area contributed by atoms with E-state index in [9.17, 15) is 13.6 Å². The van der Waals surface area contributed by atoms with Gasteiger partial charge in [0.2, 0.25) is 0 Å². The second-order valence-corrected chi connectivity index (χ2v) is 5.41. The summed E-state index contributed by atoms with van der Waals surface area (Å²) >= 11 is 0. The van der Waals surface area contributed by atoms with Gasteiger partial charge in [-0.3, -0.25) is 0 Å². The van der Waals surface area contributed by atoms with E-state index in [0.29, 0.717) is 12.5 Å². The van der Waals surface area contributed by atoms with Crippen LogP contribution in [0.1, 0.15) is 19.8 Å². The van der Waals surface area contributed by atoms with Gasteiger partial charge in [0.05, 0.1) is 5.69 Å². The van der Waals surface area contributed by atoms with Crippen molar-refractivity contribution in [2.45, 2.75) is 19.8 Å². The Kier molecular flexibility index (Phi) is 5.50. The van der Waals surface area contributed by atoms with Gasteiger partial charge in [-0.15, -0.1) is 0 Å².